The average Bonchev–Trinajstić information content (AvgIpc) is 3.03. The molecule has 0 aliphatic carbocycles. The van der Waals surface area contributed by atoms with Gasteiger partial charge in [0.05, 0.1) is 30.2 Å². The first kappa shape index (κ1) is 27.9. The fraction of sp³-hybridized carbons (Fsp3) is 0.429. The normalized spacial score (nSPS) is 13.9. The molecule has 0 fully saturated rings. The number of nitrogens with zero attached hydrogens (tertiary/aromatic N) is 3. The van der Waals surface area contributed by atoms with Gasteiger partial charge in [-0.05, 0) is 43.5 Å². The molecule has 0 spiro atoms. The lowest BCUT2D eigenvalue weighted by Crippen LogP contribution is -2.25. The minimum Gasteiger partial charge on any atom is -0.496 e. The van der Waals surface area contributed by atoms with Gasteiger partial charge in [-0.3, -0.25) is 14.6 Å². The van der Waals surface area contributed by atoms with Crippen LogP contribution in [0.2, 0.25) is 0 Å². The Morgan fingerprint density at radius 3 is 2.68 bits per heavy atom. The predicted molar refractivity (Wildman–Crippen MR) is 148 cm³/mol. The molecule has 9 nitrogen and oxygen atoms in total. The van der Waals surface area contributed by atoms with Crippen molar-refractivity contribution in [2.75, 3.05) is 32.1 Å². The third kappa shape index (κ3) is 7.63. The minimum atomic E-state index is -0.274. The standard InChI is InChI=1S/C21H23N5O2.C7H15NO/c1-12-5-13-8-19(28-2)16(9-18(13)26-20(22)6-12)21(27)25-15-7-14-10-23-4-3-17(14)24-11-15;1-3-5-8(7-9)6-4-2/h5,7-9,11,23H,3-4,6,10H2,1-2H3,(H2,22,26)(H,25,27);7H,3-6H2,1-2H3. The number of aromatic nitrogens is 1. The van der Waals surface area contributed by atoms with E-state index in [0.29, 0.717) is 34.9 Å². The van der Waals surface area contributed by atoms with E-state index in [1.54, 1.807) is 24.3 Å². The molecular weight excluding hydrogens is 468 g/mol. The molecule has 0 bridgehead atoms. The van der Waals surface area contributed by atoms with Gasteiger partial charge in [0.2, 0.25) is 6.41 Å². The number of benzene rings is 1. The van der Waals surface area contributed by atoms with Gasteiger partial charge < -0.3 is 26.0 Å². The fourth-order valence-electron chi connectivity index (χ4n) is 4.34. The quantitative estimate of drug-likeness (QED) is 0.465. The number of aliphatic imine (C=N–C) groups is 1. The van der Waals surface area contributed by atoms with Gasteiger partial charge in [0.15, 0.2) is 0 Å². The molecule has 0 atom stereocenters. The van der Waals surface area contributed by atoms with E-state index >= 15 is 0 Å². The Labute approximate surface area is 219 Å². The number of carbonyl (C=O) groups is 2. The number of hydrogen-bond acceptors (Lipinski definition) is 7. The highest BCUT2D eigenvalue weighted by Crippen LogP contribution is 2.33. The summed E-state index contributed by atoms with van der Waals surface area (Å²) >= 11 is 0. The van der Waals surface area contributed by atoms with Crippen LogP contribution in [0.1, 0.15) is 67.2 Å². The number of ether oxygens (including phenoxy) is 1. The summed E-state index contributed by atoms with van der Waals surface area (Å²) in [5, 5.41) is 6.24. The number of nitrogens with one attached hydrogen (secondary N) is 2. The summed E-state index contributed by atoms with van der Waals surface area (Å²) in [4.78, 5) is 33.9. The van der Waals surface area contributed by atoms with E-state index in [0.717, 1.165) is 74.2 Å². The second-order valence-corrected chi connectivity index (χ2v) is 9.23. The molecule has 0 radical (unpaired) electrons. The zero-order valence-corrected chi connectivity index (χ0v) is 22.3. The first-order valence-electron chi connectivity index (χ1n) is 12.8. The number of nitrogens with two attached hydrogens (primary N) is 1. The lowest BCUT2D eigenvalue weighted by atomic mass is 10.0. The van der Waals surface area contributed by atoms with Crippen LogP contribution in [0, 0.1) is 0 Å². The van der Waals surface area contributed by atoms with Crippen LogP contribution in [0.3, 0.4) is 0 Å². The van der Waals surface area contributed by atoms with Crippen molar-refractivity contribution < 1.29 is 14.3 Å². The van der Waals surface area contributed by atoms with Crippen molar-refractivity contribution in [1.29, 1.82) is 0 Å². The molecule has 3 heterocycles. The van der Waals surface area contributed by atoms with E-state index in [2.05, 4.69) is 34.5 Å². The first-order valence-corrected chi connectivity index (χ1v) is 12.8. The molecule has 4 rings (SSSR count). The number of amidine groups is 1. The van der Waals surface area contributed by atoms with E-state index < -0.39 is 0 Å². The molecule has 0 saturated carbocycles. The van der Waals surface area contributed by atoms with Gasteiger partial charge in [0, 0.05) is 50.3 Å². The lowest BCUT2D eigenvalue weighted by molar-refractivity contribution is -0.118. The molecule has 2 aliphatic heterocycles. The third-order valence-electron chi connectivity index (χ3n) is 6.06. The number of rotatable bonds is 8. The number of carbonyl (C=O) groups excluding carboxylic acids is 2. The summed E-state index contributed by atoms with van der Waals surface area (Å²) in [6.45, 7) is 9.64. The maximum atomic E-state index is 12.9. The Kier molecular flexibility index (Phi) is 10.2. The summed E-state index contributed by atoms with van der Waals surface area (Å²) in [6, 6.07) is 5.51. The Balaban J connectivity index is 0.000000364. The molecule has 2 aliphatic rings. The summed E-state index contributed by atoms with van der Waals surface area (Å²) in [5.41, 5.74) is 11.9. The van der Waals surface area contributed by atoms with Crippen LogP contribution in [0.5, 0.6) is 5.75 Å². The monoisotopic (exact) mass is 506 g/mol. The Morgan fingerprint density at radius 2 is 2.00 bits per heavy atom. The van der Waals surface area contributed by atoms with Crippen molar-refractivity contribution >= 4 is 35.6 Å². The Morgan fingerprint density at radius 1 is 1.24 bits per heavy atom. The summed E-state index contributed by atoms with van der Waals surface area (Å²) in [6.07, 6.45) is 8.25. The number of amides is 2. The summed E-state index contributed by atoms with van der Waals surface area (Å²) in [5.74, 6) is 0.739. The molecule has 2 amide bonds. The largest absolute Gasteiger partial charge is 0.496 e. The van der Waals surface area contributed by atoms with Gasteiger partial charge in [0.25, 0.3) is 5.91 Å². The fourth-order valence-corrected chi connectivity index (χ4v) is 4.34. The summed E-state index contributed by atoms with van der Waals surface area (Å²) in [7, 11) is 1.55. The van der Waals surface area contributed by atoms with Crippen LogP contribution in [-0.4, -0.2) is 54.8 Å². The smallest absolute Gasteiger partial charge is 0.259 e. The van der Waals surface area contributed by atoms with Gasteiger partial charge in [-0.2, -0.15) is 0 Å². The molecule has 198 valence electrons. The highest BCUT2D eigenvalue weighted by atomic mass is 16.5. The molecule has 37 heavy (non-hydrogen) atoms. The van der Waals surface area contributed by atoms with Crippen molar-refractivity contribution in [3.05, 3.63) is 52.4 Å². The van der Waals surface area contributed by atoms with E-state index in [4.69, 9.17) is 10.5 Å². The van der Waals surface area contributed by atoms with Crippen LogP contribution in [0.25, 0.3) is 6.08 Å². The van der Waals surface area contributed by atoms with E-state index in [1.165, 1.54) is 0 Å². The van der Waals surface area contributed by atoms with Crippen LogP contribution < -0.4 is 21.1 Å². The van der Waals surface area contributed by atoms with Crippen molar-refractivity contribution in [2.45, 2.75) is 53.0 Å². The van der Waals surface area contributed by atoms with Crippen LogP contribution >= 0.6 is 0 Å². The highest BCUT2D eigenvalue weighted by molar-refractivity contribution is 6.07. The van der Waals surface area contributed by atoms with E-state index in [9.17, 15) is 9.59 Å². The topological polar surface area (TPSA) is 122 Å². The Bertz CT molecular complexity index is 1170. The SMILES string of the molecule is CCCN(C=O)CCC.COc1cc2c(cc1C(=O)Nc1cnc3c(c1)CNCC3)N=C(N)CC(C)=C2. The maximum Gasteiger partial charge on any atom is 0.259 e. The van der Waals surface area contributed by atoms with E-state index in [-0.39, 0.29) is 5.91 Å². The zero-order chi connectivity index (χ0) is 26.8. The molecule has 1 aromatic carbocycles. The predicted octanol–water partition coefficient (Wildman–Crippen LogP) is 4.05. The van der Waals surface area contributed by atoms with Gasteiger partial charge >= 0.3 is 0 Å². The summed E-state index contributed by atoms with van der Waals surface area (Å²) < 4.78 is 5.47. The Hall–Kier alpha value is -3.72. The number of fused-ring (bicyclic) bond motifs is 2. The van der Waals surface area contributed by atoms with Crippen molar-refractivity contribution in [1.82, 2.24) is 15.2 Å². The average molecular weight is 507 g/mol. The second kappa shape index (κ2) is 13.5. The maximum absolute atomic E-state index is 12.9. The number of pyridine rings is 1. The highest BCUT2D eigenvalue weighted by Gasteiger charge is 2.19. The molecule has 2 aromatic rings. The van der Waals surface area contributed by atoms with Crippen LogP contribution in [0.15, 0.2) is 35.0 Å². The van der Waals surface area contributed by atoms with Crippen molar-refractivity contribution in [2.24, 2.45) is 10.7 Å². The van der Waals surface area contributed by atoms with Gasteiger partial charge in [0.1, 0.15) is 11.6 Å². The van der Waals surface area contributed by atoms with E-state index in [1.807, 2.05) is 25.1 Å². The second-order valence-electron chi connectivity index (χ2n) is 9.23. The molecule has 4 N–H and O–H groups in total. The number of methoxy groups -OCH3 is 1. The van der Waals surface area contributed by atoms with Gasteiger partial charge in [-0.1, -0.05) is 25.5 Å². The van der Waals surface area contributed by atoms with Gasteiger partial charge in [-0.15, -0.1) is 0 Å². The van der Waals surface area contributed by atoms with Crippen molar-refractivity contribution in [3.8, 4) is 5.75 Å². The zero-order valence-electron chi connectivity index (χ0n) is 22.3. The molecule has 9 heteroatoms. The van der Waals surface area contributed by atoms with Crippen LogP contribution in [0.4, 0.5) is 11.4 Å². The molecule has 0 saturated heterocycles. The molecule has 1 aromatic heterocycles. The lowest BCUT2D eigenvalue weighted by Gasteiger charge is -2.17. The van der Waals surface area contributed by atoms with Gasteiger partial charge in [-0.25, -0.2) is 4.99 Å². The molecular formula is C28H38N6O3. The van der Waals surface area contributed by atoms with Crippen LogP contribution in [-0.2, 0) is 17.8 Å². The number of hydrogen-bond donors (Lipinski definition) is 3. The third-order valence-corrected chi connectivity index (χ3v) is 6.06. The minimum absolute atomic E-state index is 0.274. The van der Waals surface area contributed by atoms with Crippen molar-refractivity contribution in [3.63, 3.8) is 0 Å². The molecule has 0 unspecified atom stereocenters. The first-order chi connectivity index (χ1) is 17.9. The number of anilines is 1.